The second-order valence-electron chi connectivity index (χ2n) is 9.27. The fourth-order valence-corrected chi connectivity index (χ4v) is 5.17. The molecule has 3 aromatic rings. The van der Waals surface area contributed by atoms with Gasteiger partial charge in [-0.25, -0.2) is 0 Å². The van der Waals surface area contributed by atoms with Gasteiger partial charge >= 0.3 is 8.51 Å². The van der Waals surface area contributed by atoms with Gasteiger partial charge in [0.15, 0.2) is 0 Å². The summed E-state index contributed by atoms with van der Waals surface area (Å²) in [6.07, 6.45) is 4.52. The minimum absolute atomic E-state index is 0.496. The number of nitrogens with zero attached hydrogens (tertiary/aromatic N) is 2. The van der Waals surface area contributed by atoms with Crippen LogP contribution in [0.3, 0.4) is 0 Å². The Morgan fingerprint density at radius 1 is 0.655 bits per heavy atom. The second kappa shape index (κ2) is 8.84. The summed E-state index contributed by atoms with van der Waals surface area (Å²) in [6.45, 7) is 18.4. The Balaban J connectivity index is 2.23. The maximum absolute atomic E-state index is 2.42. The van der Waals surface area contributed by atoms with Gasteiger partial charge in [-0.05, 0) is 23.7 Å². The van der Waals surface area contributed by atoms with Crippen LogP contribution in [0, 0.1) is 0 Å². The van der Waals surface area contributed by atoms with Crippen molar-refractivity contribution < 1.29 is 4.33 Å². The fourth-order valence-electron chi connectivity index (χ4n) is 4.08. The Kier molecular flexibility index (Phi) is 6.64. The molecule has 0 spiro atoms. The Hall–Kier alpha value is -1.92. The zero-order chi connectivity index (χ0) is 21.3. The maximum Gasteiger partial charge on any atom is 0.357 e. The average molecular weight is 408 g/mol. The molecule has 0 unspecified atom stereocenters. The first-order valence-corrected chi connectivity index (χ1v) is 11.8. The van der Waals surface area contributed by atoms with E-state index in [1.54, 1.807) is 0 Å². The first-order chi connectivity index (χ1) is 13.7. The van der Waals surface area contributed by atoms with Gasteiger partial charge in [0.05, 0.1) is 0 Å². The lowest BCUT2D eigenvalue weighted by molar-refractivity contribution is -0.519. The molecule has 3 rings (SSSR count). The van der Waals surface area contributed by atoms with Crippen molar-refractivity contribution in [3.05, 3.63) is 71.0 Å². The van der Waals surface area contributed by atoms with Crippen molar-refractivity contribution in [1.29, 1.82) is 0 Å². The van der Waals surface area contributed by atoms with E-state index in [2.05, 4.69) is 113 Å². The topological polar surface area (TPSA) is 8.81 Å². The van der Waals surface area contributed by atoms with Gasteiger partial charge in [-0.2, -0.15) is 8.66 Å². The van der Waals surface area contributed by atoms with Gasteiger partial charge in [0, 0.05) is 22.3 Å². The number of hydrogen-bond acceptors (Lipinski definition) is 0. The molecule has 0 saturated carbocycles. The Morgan fingerprint density at radius 2 is 1.07 bits per heavy atom. The molecule has 2 aromatic carbocycles. The molecule has 0 atom stereocenters. The average Bonchev–Trinajstić information content (AvgIpc) is 3.15. The SMILES string of the molecule is CC(C)c1cccc(C(C)C)c1-n1cc[n+](-c2c(C(C)C)cccc2C(C)C)p1. The maximum atomic E-state index is 2.42. The standard InChI is InChI=1S/C26H36N2P/c1-17(2)21-11-9-12-22(18(3)4)25(21)27-15-16-28(29-27)26-23(19(5)6)13-10-14-24(26)20(7)8/h9-20H,1-8H3/q+1. The third-order valence-electron chi connectivity index (χ3n) is 5.68. The molecule has 0 saturated heterocycles. The van der Waals surface area contributed by atoms with E-state index in [1.165, 1.54) is 42.1 Å². The van der Waals surface area contributed by atoms with Gasteiger partial charge in [0.25, 0.3) is 0 Å². The summed E-state index contributed by atoms with van der Waals surface area (Å²) >= 11 is 0. The van der Waals surface area contributed by atoms with Crippen LogP contribution >= 0.6 is 8.51 Å². The van der Waals surface area contributed by atoms with Crippen molar-refractivity contribution in [2.75, 3.05) is 0 Å². The summed E-state index contributed by atoms with van der Waals surface area (Å²) in [6, 6.07) is 13.6. The summed E-state index contributed by atoms with van der Waals surface area (Å²) in [4.78, 5) is 0. The van der Waals surface area contributed by atoms with E-state index < -0.39 is 0 Å². The largest absolute Gasteiger partial charge is 0.357 e. The highest BCUT2D eigenvalue weighted by Crippen LogP contribution is 2.34. The van der Waals surface area contributed by atoms with E-state index in [-0.39, 0.29) is 0 Å². The summed E-state index contributed by atoms with van der Waals surface area (Å²) in [5.74, 6) is 1.98. The van der Waals surface area contributed by atoms with Crippen LogP contribution in [-0.4, -0.2) is 4.33 Å². The number of aromatic nitrogens is 2. The van der Waals surface area contributed by atoms with Crippen LogP contribution in [0.15, 0.2) is 48.8 Å². The van der Waals surface area contributed by atoms with Gasteiger partial charge in [-0.15, -0.1) is 0 Å². The van der Waals surface area contributed by atoms with Crippen LogP contribution in [-0.2, 0) is 0 Å². The molecule has 1 heterocycles. The van der Waals surface area contributed by atoms with Crippen molar-refractivity contribution in [2.24, 2.45) is 0 Å². The molecule has 0 aliphatic carbocycles. The molecule has 154 valence electrons. The third kappa shape index (κ3) is 4.33. The normalized spacial score (nSPS) is 12.3. The molecule has 2 nitrogen and oxygen atoms in total. The number of rotatable bonds is 6. The van der Waals surface area contributed by atoms with E-state index in [9.17, 15) is 0 Å². The second-order valence-corrected chi connectivity index (χ2v) is 10.3. The molecule has 0 radical (unpaired) electrons. The van der Waals surface area contributed by atoms with Gasteiger partial charge in [-0.3, -0.25) is 0 Å². The quantitative estimate of drug-likeness (QED) is 0.394. The van der Waals surface area contributed by atoms with E-state index in [0.29, 0.717) is 23.7 Å². The first-order valence-electron chi connectivity index (χ1n) is 11.0. The lowest BCUT2D eigenvalue weighted by Crippen LogP contribution is -2.27. The summed E-state index contributed by atoms with van der Waals surface area (Å²) in [5, 5.41) is 0. The molecule has 0 amide bonds. The molecule has 29 heavy (non-hydrogen) atoms. The number of para-hydroxylation sites is 2. The Bertz CT molecular complexity index is 850. The van der Waals surface area contributed by atoms with Crippen LogP contribution in [0.5, 0.6) is 0 Å². The lowest BCUT2D eigenvalue weighted by atomic mass is 9.93. The predicted octanol–water partition coefficient (Wildman–Crippen LogP) is 7.83. The molecule has 0 bridgehead atoms. The van der Waals surface area contributed by atoms with Crippen molar-refractivity contribution in [3.8, 4) is 11.4 Å². The highest BCUT2D eigenvalue weighted by molar-refractivity contribution is 7.17. The van der Waals surface area contributed by atoms with Crippen LogP contribution in [0.2, 0.25) is 0 Å². The molecule has 1 aromatic heterocycles. The minimum atomic E-state index is 0.496. The summed E-state index contributed by atoms with van der Waals surface area (Å²) in [7, 11) is 1.18. The van der Waals surface area contributed by atoms with Crippen LogP contribution in [0.4, 0.5) is 0 Å². The number of hydrogen-bond donors (Lipinski definition) is 0. The number of benzene rings is 2. The van der Waals surface area contributed by atoms with Crippen LogP contribution in [0.1, 0.15) is 101 Å². The smallest absolute Gasteiger partial charge is 0.179 e. The molecule has 0 aliphatic heterocycles. The van der Waals surface area contributed by atoms with Crippen LogP contribution < -0.4 is 4.33 Å². The minimum Gasteiger partial charge on any atom is -0.179 e. The van der Waals surface area contributed by atoms with Crippen molar-refractivity contribution in [1.82, 2.24) is 4.33 Å². The summed E-state index contributed by atoms with van der Waals surface area (Å²) < 4.78 is 4.84. The fraction of sp³-hybridized carbons (Fsp3) is 0.462. The van der Waals surface area contributed by atoms with E-state index >= 15 is 0 Å². The highest BCUT2D eigenvalue weighted by atomic mass is 31.1. The van der Waals surface area contributed by atoms with Crippen molar-refractivity contribution in [2.45, 2.75) is 79.1 Å². The zero-order valence-corrected chi connectivity index (χ0v) is 20.2. The molecule has 0 N–H and O–H groups in total. The van der Waals surface area contributed by atoms with Crippen LogP contribution in [0.25, 0.3) is 11.4 Å². The van der Waals surface area contributed by atoms with Crippen molar-refractivity contribution >= 4 is 8.51 Å². The Labute approximate surface area is 178 Å². The first kappa shape index (κ1) is 21.8. The van der Waals surface area contributed by atoms with Gasteiger partial charge in [0.1, 0.15) is 23.8 Å². The van der Waals surface area contributed by atoms with Gasteiger partial charge in [0.2, 0.25) is 0 Å². The van der Waals surface area contributed by atoms with E-state index in [4.69, 9.17) is 0 Å². The van der Waals surface area contributed by atoms with Crippen molar-refractivity contribution in [3.63, 3.8) is 0 Å². The van der Waals surface area contributed by atoms with Gasteiger partial charge < -0.3 is 0 Å². The Morgan fingerprint density at radius 3 is 1.48 bits per heavy atom. The summed E-state index contributed by atoms with van der Waals surface area (Å²) in [5.41, 5.74) is 8.47. The van der Waals surface area contributed by atoms with E-state index in [1.807, 2.05) is 0 Å². The molecular formula is C26H36N2P+. The molecule has 0 fully saturated rings. The zero-order valence-electron chi connectivity index (χ0n) is 19.3. The van der Waals surface area contributed by atoms with E-state index in [0.717, 1.165) is 0 Å². The molecule has 3 heteroatoms. The monoisotopic (exact) mass is 407 g/mol. The predicted molar refractivity (Wildman–Crippen MR) is 126 cm³/mol. The molecular weight excluding hydrogens is 371 g/mol. The third-order valence-corrected chi connectivity index (χ3v) is 6.74. The highest BCUT2D eigenvalue weighted by Gasteiger charge is 2.24. The molecule has 0 aliphatic rings. The lowest BCUT2D eigenvalue weighted by Gasteiger charge is -2.17. The van der Waals surface area contributed by atoms with Gasteiger partial charge in [-0.1, -0.05) is 91.8 Å².